The lowest BCUT2D eigenvalue weighted by molar-refractivity contribution is 0.0500. The van der Waals surface area contributed by atoms with Gasteiger partial charge >= 0.3 is 5.97 Å². The minimum absolute atomic E-state index is 0.290. The van der Waals surface area contributed by atoms with Crippen molar-refractivity contribution in [2.24, 2.45) is 0 Å². The molecule has 4 nitrogen and oxygen atoms in total. The van der Waals surface area contributed by atoms with E-state index in [0.29, 0.717) is 12.2 Å². The molecular weight excluding hydrogens is 276 g/mol. The van der Waals surface area contributed by atoms with Crippen LogP contribution in [0.2, 0.25) is 0 Å². The molecule has 0 N–H and O–H groups in total. The van der Waals surface area contributed by atoms with Crippen LogP contribution in [-0.4, -0.2) is 22.1 Å². The van der Waals surface area contributed by atoms with Gasteiger partial charge in [0.2, 0.25) is 0 Å². The summed E-state index contributed by atoms with van der Waals surface area (Å²) in [6.07, 6.45) is 3.62. The predicted molar refractivity (Wildman–Crippen MR) is 86.3 cm³/mol. The average Bonchev–Trinajstić information content (AvgIpc) is 2.99. The maximum absolute atomic E-state index is 12.3. The summed E-state index contributed by atoms with van der Waals surface area (Å²) < 4.78 is 7.27. The summed E-state index contributed by atoms with van der Waals surface area (Å²) in [5.41, 5.74) is 3.22. The molecule has 22 heavy (non-hydrogen) atoms. The molecule has 0 aliphatic heterocycles. The first-order chi connectivity index (χ1) is 10.8. The second kappa shape index (κ2) is 6.43. The Morgan fingerprint density at radius 3 is 2.77 bits per heavy atom. The SMILES string of the molecule is CCCCOC(=O)c1ccccc1-n1cnc2ccccc21. The number of esters is 1. The van der Waals surface area contributed by atoms with E-state index in [1.54, 1.807) is 12.4 Å². The van der Waals surface area contributed by atoms with Crippen LogP contribution in [0.15, 0.2) is 54.9 Å². The Kier molecular flexibility index (Phi) is 4.19. The molecule has 0 unspecified atom stereocenters. The van der Waals surface area contributed by atoms with Gasteiger partial charge in [0.15, 0.2) is 0 Å². The molecule has 0 aliphatic rings. The first kappa shape index (κ1) is 14.3. The molecule has 0 atom stereocenters. The van der Waals surface area contributed by atoms with Gasteiger partial charge in [-0.2, -0.15) is 0 Å². The summed E-state index contributed by atoms with van der Waals surface area (Å²) in [5.74, 6) is -0.290. The highest BCUT2D eigenvalue weighted by Gasteiger charge is 2.15. The van der Waals surface area contributed by atoms with Crippen LogP contribution in [0.25, 0.3) is 16.7 Å². The number of ether oxygens (including phenoxy) is 1. The smallest absolute Gasteiger partial charge is 0.340 e. The Hall–Kier alpha value is -2.62. The number of rotatable bonds is 5. The van der Waals surface area contributed by atoms with Crippen molar-refractivity contribution in [2.75, 3.05) is 6.61 Å². The van der Waals surface area contributed by atoms with E-state index in [1.165, 1.54) is 0 Å². The monoisotopic (exact) mass is 294 g/mol. The van der Waals surface area contributed by atoms with Crippen LogP contribution in [0.1, 0.15) is 30.1 Å². The van der Waals surface area contributed by atoms with Crippen molar-refractivity contribution >= 4 is 17.0 Å². The average molecular weight is 294 g/mol. The Morgan fingerprint density at radius 1 is 1.14 bits per heavy atom. The van der Waals surface area contributed by atoms with Crippen LogP contribution < -0.4 is 0 Å². The molecule has 0 saturated carbocycles. The number of carbonyl (C=O) groups is 1. The maximum Gasteiger partial charge on any atom is 0.340 e. The molecule has 112 valence electrons. The molecule has 0 spiro atoms. The number of benzene rings is 2. The van der Waals surface area contributed by atoms with Crippen molar-refractivity contribution in [1.82, 2.24) is 9.55 Å². The molecular formula is C18H18N2O2. The van der Waals surface area contributed by atoms with E-state index in [-0.39, 0.29) is 5.97 Å². The minimum Gasteiger partial charge on any atom is -0.462 e. The van der Waals surface area contributed by atoms with Crippen molar-refractivity contribution in [3.63, 3.8) is 0 Å². The van der Waals surface area contributed by atoms with E-state index >= 15 is 0 Å². The van der Waals surface area contributed by atoms with E-state index < -0.39 is 0 Å². The fourth-order valence-corrected chi connectivity index (χ4v) is 2.39. The van der Waals surface area contributed by atoms with E-state index in [1.807, 2.05) is 47.0 Å². The fourth-order valence-electron chi connectivity index (χ4n) is 2.39. The third kappa shape index (κ3) is 2.72. The van der Waals surface area contributed by atoms with Crippen molar-refractivity contribution in [3.05, 3.63) is 60.4 Å². The summed E-state index contributed by atoms with van der Waals surface area (Å²) in [7, 11) is 0. The third-order valence-electron chi connectivity index (χ3n) is 3.57. The normalized spacial score (nSPS) is 10.8. The molecule has 0 aliphatic carbocycles. The molecule has 2 aromatic carbocycles. The number of nitrogens with zero attached hydrogens (tertiary/aromatic N) is 2. The van der Waals surface area contributed by atoms with Gasteiger partial charge in [-0.3, -0.25) is 4.57 Å². The maximum atomic E-state index is 12.3. The van der Waals surface area contributed by atoms with Gasteiger partial charge in [-0.25, -0.2) is 9.78 Å². The van der Waals surface area contributed by atoms with Gasteiger partial charge in [-0.1, -0.05) is 37.6 Å². The van der Waals surface area contributed by atoms with E-state index in [4.69, 9.17) is 4.74 Å². The van der Waals surface area contributed by atoms with Gasteiger partial charge in [0.1, 0.15) is 6.33 Å². The van der Waals surface area contributed by atoms with Crippen LogP contribution >= 0.6 is 0 Å². The largest absolute Gasteiger partial charge is 0.462 e. The highest BCUT2D eigenvalue weighted by Crippen LogP contribution is 2.21. The van der Waals surface area contributed by atoms with Crippen molar-refractivity contribution in [3.8, 4) is 5.69 Å². The fraction of sp³-hybridized carbons (Fsp3) is 0.222. The van der Waals surface area contributed by atoms with Crippen LogP contribution in [-0.2, 0) is 4.74 Å². The number of para-hydroxylation sites is 3. The van der Waals surface area contributed by atoms with Crippen LogP contribution in [0.4, 0.5) is 0 Å². The number of carbonyl (C=O) groups excluding carboxylic acids is 1. The van der Waals surface area contributed by atoms with Crippen LogP contribution in [0, 0.1) is 0 Å². The zero-order valence-corrected chi connectivity index (χ0v) is 12.5. The van der Waals surface area contributed by atoms with Crippen molar-refractivity contribution in [2.45, 2.75) is 19.8 Å². The number of hydrogen-bond acceptors (Lipinski definition) is 3. The Bertz CT molecular complexity index is 792. The van der Waals surface area contributed by atoms with Gasteiger partial charge in [0.05, 0.1) is 28.9 Å². The number of fused-ring (bicyclic) bond motifs is 1. The molecule has 0 fully saturated rings. The highest BCUT2D eigenvalue weighted by atomic mass is 16.5. The number of hydrogen-bond donors (Lipinski definition) is 0. The highest BCUT2D eigenvalue weighted by molar-refractivity contribution is 5.94. The van der Waals surface area contributed by atoms with Crippen molar-refractivity contribution < 1.29 is 9.53 Å². The molecule has 4 heteroatoms. The van der Waals surface area contributed by atoms with Crippen molar-refractivity contribution in [1.29, 1.82) is 0 Å². The quantitative estimate of drug-likeness (QED) is 0.528. The lowest BCUT2D eigenvalue weighted by atomic mass is 10.1. The molecule has 0 bridgehead atoms. The van der Waals surface area contributed by atoms with Gasteiger partial charge in [0.25, 0.3) is 0 Å². The molecule has 1 aromatic heterocycles. The van der Waals surface area contributed by atoms with Crippen LogP contribution in [0.3, 0.4) is 0 Å². The van der Waals surface area contributed by atoms with E-state index in [0.717, 1.165) is 29.6 Å². The van der Waals surface area contributed by atoms with E-state index in [2.05, 4.69) is 11.9 Å². The first-order valence-corrected chi connectivity index (χ1v) is 7.50. The minimum atomic E-state index is -0.290. The molecule has 0 saturated heterocycles. The van der Waals surface area contributed by atoms with Crippen LogP contribution in [0.5, 0.6) is 0 Å². The third-order valence-corrected chi connectivity index (χ3v) is 3.57. The number of unbranched alkanes of at least 4 members (excludes halogenated alkanes) is 1. The molecule has 3 aromatic rings. The second-order valence-electron chi connectivity index (χ2n) is 5.11. The summed E-state index contributed by atoms with van der Waals surface area (Å²) >= 11 is 0. The molecule has 3 rings (SSSR count). The van der Waals surface area contributed by atoms with E-state index in [9.17, 15) is 4.79 Å². The molecule has 0 amide bonds. The summed E-state index contributed by atoms with van der Waals surface area (Å²) in [6, 6.07) is 15.3. The Balaban J connectivity index is 1.99. The molecule has 0 radical (unpaired) electrons. The Labute approximate surface area is 129 Å². The summed E-state index contributed by atoms with van der Waals surface area (Å²) in [4.78, 5) is 16.7. The van der Waals surface area contributed by atoms with Gasteiger partial charge in [-0.05, 0) is 30.7 Å². The lowest BCUT2D eigenvalue weighted by Gasteiger charge is -2.11. The molecule has 1 heterocycles. The van der Waals surface area contributed by atoms with Gasteiger partial charge in [-0.15, -0.1) is 0 Å². The van der Waals surface area contributed by atoms with Gasteiger partial charge in [0, 0.05) is 0 Å². The van der Waals surface area contributed by atoms with Gasteiger partial charge < -0.3 is 4.74 Å². The standard InChI is InChI=1S/C18H18N2O2/c1-2-3-12-22-18(21)14-8-4-6-10-16(14)20-13-19-15-9-5-7-11-17(15)20/h4-11,13H,2-3,12H2,1H3. The predicted octanol–water partition coefficient (Wildman–Crippen LogP) is 3.98. The number of aromatic nitrogens is 2. The zero-order valence-electron chi connectivity index (χ0n) is 12.5. The Morgan fingerprint density at radius 2 is 1.91 bits per heavy atom. The second-order valence-corrected chi connectivity index (χ2v) is 5.11. The first-order valence-electron chi connectivity index (χ1n) is 7.50. The number of imidazole rings is 1. The summed E-state index contributed by atoms with van der Waals surface area (Å²) in [6.45, 7) is 2.52. The topological polar surface area (TPSA) is 44.1 Å². The summed E-state index contributed by atoms with van der Waals surface area (Å²) in [5, 5.41) is 0. The lowest BCUT2D eigenvalue weighted by Crippen LogP contribution is -2.10. The zero-order chi connectivity index (χ0) is 15.4.